The van der Waals surface area contributed by atoms with Gasteiger partial charge < -0.3 is 5.32 Å². The van der Waals surface area contributed by atoms with Crippen molar-refractivity contribution in [2.45, 2.75) is 6.54 Å². The molecule has 0 aliphatic heterocycles. The second-order valence-electron chi connectivity index (χ2n) is 3.42. The van der Waals surface area contributed by atoms with Crippen LogP contribution in [0.4, 0.5) is 10.1 Å². The van der Waals surface area contributed by atoms with Crippen LogP contribution in [0, 0.1) is 5.82 Å². The zero-order valence-electron chi connectivity index (χ0n) is 8.58. The fourth-order valence-electron chi connectivity index (χ4n) is 1.45. The van der Waals surface area contributed by atoms with Gasteiger partial charge in [-0.3, -0.25) is 0 Å². The third-order valence-electron chi connectivity index (χ3n) is 2.30. The molecule has 2 aromatic carbocycles. The monoisotopic (exact) mass is 235 g/mol. The lowest BCUT2D eigenvalue weighted by Gasteiger charge is -2.08. The number of halogens is 2. The van der Waals surface area contributed by atoms with Crippen LogP contribution in [0.2, 0.25) is 5.02 Å². The minimum atomic E-state index is -0.282. The topological polar surface area (TPSA) is 12.0 Å². The van der Waals surface area contributed by atoms with Gasteiger partial charge in [0.05, 0.1) is 0 Å². The standard InChI is InChI=1S/C13H11ClFN/c14-12-7-4-8-13(15)11(12)9-16-10-5-2-1-3-6-10/h1-8,16H,9H2. The number of hydrogen-bond acceptors (Lipinski definition) is 1. The molecule has 0 spiro atoms. The van der Waals surface area contributed by atoms with E-state index in [-0.39, 0.29) is 5.82 Å². The molecular formula is C13H11ClFN. The van der Waals surface area contributed by atoms with Crippen molar-refractivity contribution in [1.29, 1.82) is 0 Å². The van der Waals surface area contributed by atoms with E-state index in [0.29, 0.717) is 17.1 Å². The minimum absolute atomic E-state index is 0.282. The Bertz CT molecular complexity index is 450. The molecular weight excluding hydrogens is 225 g/mol. The number of para-hydroxylation sites is 1. The average Bonchev–Trinajstić information content (AvgIpc) is 2.30. The summed E-state index contributed by atoms with van der Waals surface area (Å²) in [5, 5.41) is 3.57. The maximum absolute atomic E-state index is 13.4. The summed E-state index contributed by atoms with van der Waals surface area (Å²) in [6.45, 7) is 0.384. The molecule has 0 amide bonds. The van der Waals surface area contributed by atoms with Crippen molar-refractivity contribution < 1.29 is 4.39 Å². The molecule has 0 aliphatic carbocycles. The molecule has 0 heterocycles. The molecule has 0 fully saturated rings. The van der Waals surface area contributed by atoms with Crippen molar-refractivity contribution in [2.75, 3.05) is 5.32 Å². The van der Waals surface area contributed by atoms with Gasteiger partial charge in [0.1, 0.15) is 5.82 Å². The molecule has 0 aliphatic rings. The highest BCUT2D eigenvalue weighted by molar-refractivity contribution is 6.31. The summed E-state index contributed by atoms with van der Waals surface area (Å²) in [6.07, 6.45) is 0. The molecule has 0 radical (unpaired) electrons. The molecule has 2 aromatic rings. The van der Waals surface area contributed by atoms with Gasteiger partial charge in [-0.1, -0.05) is 35.9 Å². The molecule has 2 rings (SSSR count). The first-order valence-electron chi connectivity index (χ1n) is 4.99. The number of hydrogen-bond donors (Lipinski definition) is 1. The summed E-state index contributed by atoms with van der Waals surface area (Å²) >= 11 is 5.92. The van der Waals surface area contributed by atoms with Crippen molar-refractivity contribution >= 4 is 17.3 Å². The van der Waals surface area contributed by atoms with Gasteiger partial charge in [-0.2, -0.15) is 0 Å². The van der Waals surface area contributed by atoms with E-state index in [1.807, 2.05) is 30.3 Å². The number of rotatable bonds is 3. The normalized spacial score (nSPS) is 10.1. The molecule has 0 aromatic heterocycles. The Balaban J connectivity index is 2.11. The largest absolute Gasteiger partial charge is 0.381 e. The predicted molar refractivity (Wildman–Crippen MR) is 65.2 cm³/mol. The van der Waals surface area contributed by atoms with E-state index in [2.05, 4.69) is 5.32 Å². The van der Waals surface area contributed by atoms with Gasteiger partial charge in [0.15, 0.2) is 0 Å². The van der Waals surface area contributed by atoms with Crippen LogP contribution < -0.4 is 5.32 Å². The Kier molecular flexibility index (Phi) is 3.42. The van der Waals surface area contributed by atoms with Crippen molar-refractivity contribution in [1.82, 2.24) is 0 Å². The van der Waals surface area contributed by atoms with Crippen molar-refractivity contribution in [3.8, 4) is 0 Å². The minimum Gasteiger partial charge on any atom is -0.381 e. The van der Waals surface area contributed by atoms with E-state index in [0.717, 1.165) is 5.69 Å². The Hall–Kier alpha value is -1.54. The summed E-state index contributed by atoms with van der Waals surface area (Å²) in [4.78, 5) is 0. The van der Waals surface area contributed by atoms with Gasteiger partial charge in [-0.25, -0.2) is 4.39 Å². The third-order valence-corrected chi connectivity index (χ3v) is 2.66. The number of nitrogens with one attached hydrogen (secondary N) is 1. The van der Waals surface area contributed by atoms with E-state index in [4.69, 9.17) is 11.6 Å². The van der Waals surface area contributed by atoms with Crippen LogP contribution in [0.15, 0.2) is 48.5 Å². The van der Waals surface area contributed by atoms with E-state index in [1.54, 1.807) is 12.1 Å². The van der Waals surface area contributed by atoms with Crippen molar-refractivity contribution in [3.05, 3.63) is 64.9 Å². The lowest BCUT2D eigenvalue weighted by atomic mass is 10.2. The fourth-order valence-corrected chi connectivity index (χ4v) is 1.68. The van der Waals surface area contributed by atoms with E-state index in [1.165, 1.54) is 6.07 Å². The smallest absolute Gasteiger partial charge is 0.129 e. The van der Waals surface area contributed by atoms with Gasteiger partial charge in [0.25, 0.3) is 0 Å². The van der Waals surface area contributed by atoms with Gasteiger partial charge in [0, 0.05) is 22.8 Å². The number of benzene rings is 2. The molecule has 0 atom stereocenters. The fraction of sp³-hybridized carbons (Fsp3) is 0.0769. The molecule has 3 heteroatoms. The third kappa shape index (κ3) is 2.52. The zero-order valence-corrected chi connectivity index (χ0v) is 9.34. The molecule has 1 N–H and O–H groups in total. The highest BCUT2D eigenvalue weighted by Gasteiger charge is 2.05. The molecule has 0 unspecified atom stereocenters. The Morgan fingerprint density at radius 3 is 2.44 bits per heavy atom. The van der Waals surface area contributed by atoms with Gasteiger partial charge in [-0.15, -0.1) is 0 Å². The van der Waals surface area contributed by atoms with E-state index >= 15 is 0 Å². The van der Waals surface area contributed by atoms with Crippen LogP contribution in [0.25, 0.3) is 0 Å². The second-order valence-corrected chi connectivity index (χ2v) is 3.83. The summed E-state index contributed by atoms with van der Waals surface area (Å²) in [7, 11) is 0. The van der Waals surface area contributed by atoms with Crippen LogP contribution in [0.3, 0.4) is 0 Å². The molecule has 0 saturated carbocycles. The summed E-state index contributed by atoms with van der Waals surface area (Å²) in [5.41, 5.74) is 1.44. The average molecular weight is 236 g/mol. The highest BCUT2D eigenvalue weighted by atomic mass is 35.5. The lowest BCUT2D eigenvalue weighted by Crippen LogP contribution is -2.02. The Morgan fingerprint density at radius 1 is 1.00 bits per heavy atom. The highest BCUT2D eigenvalue weighted by Crippen LogP contribution is 2.20. The molecule has 82 valence electrons. The van der Waals surface area contributed by atoms with Crippen molar-refractivity contribution in [2.24, 2.45) is 0 Å². The maximum Gasteiger partial charge on any atom is 0.129 e. The number of anilines is 1. The first-order valence-corrected chi connectivity index (χ1v) is 5.37. The maximum atomic E-state index is 13.4. The van der Waals surface area contributed by atoms with Crippen molar-refractivity contribution in [3.63, 3.8) is 0 Å². The second kappa shape index (κ2) is 4.99. The summed E-state index contributed by atoms with van der Waals surface area (Å²) in [6, 6.07) is 14.3. The molecule has 1 nitrogen and oxygen atoms in total. The lowest BCUT2D eigenvalue weighted by molar-refractivity contribution is 0.613. The van der Waals surface area contributed by atoms with Crippen LogP contribution in [0.1, 0.15) is 5.56 Å². The van der Waals surface area contributed by atoms with E-state index in [9.17, 15) is 4.39 Å². The zero-order chi connectivity index (χ0) is 11.4. The Labute approximate surface area is 98.9 Å². The van der Waals surface area contributed by atoms with Crippen LogP contribution >= 0.6 is 11.6 Å². The van der Waals surface area contributed by atoms with Crippen LogP contribution in [0.5, 0.6) is 0 Å². The van der Waals surface area contributed by atoms with Gasteiger partial charge in [-0.05, 0) is 24.3 Å². The van der Waals surface area contributed by atoms with Crippen LogP contribution in [-0.4, -0.2) is 0 Å². The quantitative estimate of drug-likeness (QED) is 0.845. The van der Waals surface area contributed by atoms with Gasteiger partial charge >= 0.3 is 0 Å². The summed E-state index contributed by atoms with van der Waals surface area (Å²) in [5.74, 6) is -0.282. The SMILES string of the molecule is Fc1cccc(Cl)c1CNc1ccccc1. The summed E-state index contributed by atoms with van der Waals surface area (Å²) < 4.78 is 13.4. The van der Waals surface area contributed by atoms with Crippen LogP contribution in [-0.2, 0) is 6.54 Å². The first-order chi connectivity index (χ1) is 7.77. The Morgan fingerprint density at radius 2 is 1.75 bits per heavy atom. The molecule has 0 bridgehead atoms. The first kappa shape index (κ1) is 11.0. The predicted octanol–water partition coefficient (Wildman–Crippen LogP) is 4.09. The molecule has 16 heavy (non-hydrogen) atoms. The van der Waals surface area contributed by atoms with Gasteiger partial charge in [0.2, 0.25) is 0 Å². The molecule has 0 saturated heterocycles. The van der Waals surface area contributed by atoms with E-state index < -0.39 is 0 Å².